The van der Waals surface area contributed by atoms with Crippen LogP contribution in [0.25, 0.3) is 6.08 Å². The highest BCUT2D eigenvalue weighted by atomic mass is 32.1. The second-order valence-corrected chi connectivity index (χ2v) is 11.0. The molecule has 0 aliphatic carbocycles. The van der Waals surface area contributed by atoms with Crippen LogP contribution in [0.3, 0.4) is 0 Å². The number of aryl methyl sites for hydroxylation is 2. The maximum atomic E-state index is 13.8. The summed E-state index contributed by atoms with van der Waals surface area (Å²) < 4.78 is 13.0. The number of carbonyl (C=O) groups is 2. The van der Waals surface area contributed by atoms with Gasteiger partial charge in [-0.2, -0.15) is 0 Å². The third kappa shape index (κ3) is 6.26. The van der Waals surface area contributed by atoms with E-state index in [1.807, 2.05) is 74.5 Å². The highest BCUT2D eigenvalue weighted by Crippen LogP contribution is 2.30. The maximum Gasteiger partial charge on any atom is 0.338 e. The summed E-state index contributed by atoms with van der Waals surface area (Å²) in [6.45, 7) is 7.57. The molecule has 0 bridgehead atoms. The number of fused-ring (bicyclic) bond motifs is 1. The van der Waals surface area contributed by atoms with Gasteiger partial charge in [0.05, 0.1) is 28.5 Å². The molecule has 0 fully saturated rings. The van der Waals surface area contributed by atoms with Crippen LogP contribution in [0.2, 0.25) is 0 Å². The van der Waals surface area contributed by atoms with E-state index in [0.29, 0.717) is 32.0 Å². The molecule has 1 aromatic heterocycles. The van der Waals surface area contributed by atoms with Gasteiger partial charge in [0.1, 0.15) is 5.75 Å². The van der Waals surface area contributed by atoms with E-state index in [1.165, 1.54) is 11.3 Å². The van der Waals surface area contributed by atoms with Crippen LogP contribution in [0, 0.1) is 13.8 Å². The highest BCUT2D eigenvalue weighted by Gasteiger charge is 2.33. The van der Waals surface area contributed by atoms with Crippen molar-refractivity contribution < 1.29 is 19.1 Å². The Bertz CT molecular complexity index is 1830. The van der Waals surface area contributed by atoms with Crippen molar-refractivity contribution >= 4 is 35.0 Å². The summed E-state index contributed by atoms with van der Waals surface area (Å²) >= 11 is 1.27. The van der Waals surface area contributed by atoms with E-state index in [-0.39, 0.29) is 24.7 Å². The Kier molecular flexibility index (Phi) is 8.49. The Morgan fingerprint density at radius 1 is 0.952 bits per heavy atom. The summed E-state index contributed by atoms with van der Waals surface area (Å²) in [4.78, 5) is 44.2. The average molecular weight is 582 g/mol. The molecular weight excluding hydrogens is 550 g/mol. The molecule has 1 aliphatic heterocycles. The first-order valence-electron chi connectivity index (χ1n) is 13.6. The fourth-order valence-electron chi connectivity index (χ4n) is 4.65. The lowest BCUT2D eigenvalue weighted by Crippen LogP contribution is -2.39. The Hall–Kier alpha value is -4.76. The van der Waals surface area contributed by atoms with Gasteiger partial charge in [-0.1, -0.05) is 71.0 Å². The van der Waals surface area contributed by atoms with Crippen LogP contribution in [0.4, 0.5) is 5.69 Å². The highest BCUT2D eigenvalue weighted by molar-refractivity contribution is 7.07. The molecule has 0 radical (unpaired) electrons. The van der Waals surface area contributed by atoms with E-state index in [4.69, 9.17) is 9.47 Å². The van der Waals surface area contributed by atoms with Crippen LogP contribution in [-0.2, 0) is 14.3 Å². The Labute approximate surface area is 247 Å². The Balaban J connectivity index is 1.39. The molecule has 5 rings (SSSR count). The minimum atomic E-state index is -0.648. The zero-order valence-electron chi connectivity index (χ0n) is 23.8. The largest absolute Gasteiger partial charge is 0.484 e. The first-order chi connectivity index (χ1) is 20.2. The van der Waals surface area contributed by atoms with E-state index in [2.05, 4.69) is 10.3 Å². The third-order valence-electron chi connectivity index (χ3n) is 6.79. The number of ether oxygens (including phenoxy) is 2. The normalized spacial score (nSPS) is 14.7. The van der Waals surface area contributed by atoms with E-state index < -0.39 is 12.0 Å². The summed E-state index contributed by atoms with van der Waals surface area (Å²) in [6, 6.07) is 21.8. The molecule has 1 aliphatic rings. The standard InChI is InChI=1S/C33H31N3O5S/c1-5-40-32(39)29-22(4)34-33-36(30(29)24-12-6-20(2)7-13-24)31(38)27(42-33)18-23-10-16-26(17-11-23)41-19-28(37)35-25-14-8-21(3)9-15-25/h6-18,30H,5,19H2,1-4H3,(H,35,37)/b27-18-/t30-/m0/s1. The predicted molar refractivity (Wildman–Crippen MR) is 163 cm³/mol. The lowest BCUT2D eigenvalue weighted by Gasteiger charge is -2.24. The molecule has 3 aromatic carbocycles. The maximum absolute atomic E-state index is 13.8. The van der Waals surface area contributed by atoms with Crippen molar-refractivity contribution in [2.45, 2.75) is 33.7 Å². The molecule has 9 heteroatoms. The molecule has 8 nitrogen and oxygen atoms in total. The fraction of sp³-hybridized carbons (Fsp3) is 0.212. The molecular formula is C33H31N3O5S. The van der Waals surface area contributed by atoms with E-state index in [9.17, 15) is 14.4 Å². The number of hydrogen-bond donors (Lipinski definition) is 1. The van der Waals surface area contributed by atoms with Gasteiger partial charge in [-0.25, -0.2) is 9.79 Å². The van der Waals surface area contributed by atoms with Crippen molar-refractivity contribution in [2.24, 2.45) is 4.99 Å². The number of anilines is 1. The first kappa shape index (κ1) is 28.8. The quantitative estimate of drug-likeness (QED) is 0.311. The van der Waals surface area contributed by atoms with Gasteiger partial charge < -0.3 is 14.8 Å². The Morgan fingerprint density at radius 2 is 1.60 bits per heavy atom. The van der Waals surface area contributed by atoms with Crippen LogP contribution in [-0.4, -0.2) is 29.7 Å². The predicted octanol–water partition coefficient (Wildman–Crippen LogP) is 4.43. The number of aromatic nitrogens is 1. The topological polar surface area (TPSA) is 99.0 Å². The molecule has 1 amide bonds. The number of thiazole rings is 1. The number of carbonyl (C=O) groups excluding carboxylic acids is 2. The van der Waals surface area contributed by atoms with Gasteiger partial charge in [-0.3, -0.25) is 14.2 Å². The summed E-state index contributed by atoms with van der Waals surface area (Å²) in [5.41, 5.74) is 5.12. The molecule has 0 spiro atoms. The van der Waals surface area contributed by atoms with E-state index in [1.54, 1.807) is 36.6 Å². The molecule has 0 unspecified atom stereocenters. The number of nitrogens with one attached hydrogen (secondary N) is 1. The molecule has 0 saturated carbocycles. The zero-order valence-corrected chi connectivity index (χ0v) is 24.7. The van der Waals surface area contributed by atoms with Gasteiger partial charge in [-0.15, -0.1) is 0 Å². The molecule has 1 N–H and O–H groups in total. The number of allylic oxidation sites excluding steroid dienone is 1. The van der Waals surface area contributed by atoms with E-state index >= 15 is 0 Å². The monoisotopic (exact) mass is 581 g/mol. The summed E-state index contributed by atoms with van der Waals surface area (Å²) in [6.07, 6.45) is 1.79. The fourth-order valence-corrected chi connectivity index (χ4v) is 5.70. The Morgan fingerprint density at radius 3 is 2.24 bits per heavy atom. The van der Waals surface area contributed by atoms with Crippen molar-refractivity contribution in [1.29, 1.82) is 0 Å². The van der Waals surface area contributed by atoms with Crippen molar-refractivity contribution in [2.75, 3.05) is 18.5 Å². The smallest absolute Gasteiger partial charge is 0.338 e. The van der Waals surface area contributed by atoms with E-state index in [0.717, 1.165) is 22.3 Å². The summed E-state index contributed by atoms with van der Waals surface area (Å²) in [5.74, 6) is -0.215. The van der Waals surface area contributed by atoms with Gasteiger partial charge in [0.25, 0.3) is 11.5 Å². The van der Waals surface area contributed by atoms with Crippen LogP contribution in [0.5, 0.6) is 5.75 Å². The lowest BCUT2D eigenvalue weighted by molar-refractivity contribution is -0.139. The molecule has 1 atom stereocenters. The number of nitrogens with zero attached hydrogens (tertiary/aromatic N) is 2. The van der Waals surface area contributed by atoms with Gasteiger partial charge in [0, 0.05) is 5.69 Å². The number of esters is 1. The second-order valence-electron chi connectivity index (χ2n) is 9.98. The van der Waals surface area contributed by atoms with Crippen molar-refractivity contribution in [1.82, 2.24) is 4.57 Å². The molecule has 42 heavy (non-hydrogen) atoms. The SMILES string of the molecule is CCOC(=O)C1=C(C)N=c2s/c(=C\c3ccc(OCC(=O)Nc4ccc(C)cc4)cc3)c(=O)n2[C@H]1c1ccc(C)cc1. The lowest BCUT2D eigenvalue weighted by atomic mass is 9.95. The molecule has 0 saturated heterocycles. The first-order valence-corrected chi connectivity index (χ1v) is 14.4. The molecule has 214 valence electrons. The third-order valence-corrected chi connectivity index (χ3v) is 7.78. The van der Waals surface area contributed by atoms with Crippen molar-refractivity contribution in [3.8, 4) is 5.75 Å². The number of hydrogen-bond acceptors (Lipinski definition) is 7. The van der Waals surface area contributed by atoms with Crippen molar-refractivity contribution in [3.05, 3.63) is 126 Å². The minimum Gasteiger partial charge on any atom is -0.484 e. The van der Waals surface area contributed by atoms with Crippen LogP contribution in [0.1, 0.15) is 42.1 Å². The summed E-state index contributed by atoms with van der Waals surface area (Å²) in [5, 5.41) is 2.80. The van der Waals surface area contributed by atoms with Gasteiger partial charge >= 0.3 is 5.97 Å². The number of benzene rings is 3. The molecule has 4 aromatic rings. The average Bonchev–Trinajstić information content (AvgIpc) is 3.27. The van der Waals surface area contributed by atoms with Crippen molar-refractivity contribution in [3.63, 3.8) is 0 Å². The summed E-state index contributed by atoms with van der Waals surface area (Å²) in [7, 11) is 0. The minimum absolute atomic E-state index is 0.132. The molecule has 2 heterocycles. The zero-order chi connectivity index (χ0) is 29.8. The van der Waals surface area contributed by atoms with Gasteiger partial charge in [0.15, 0.2) is 11.4 Å². The van der Waals surface area contributed by atoms with Gasteiger partial charge in [-0.05, 0) is 69.2 Å². The second kappa shape index (κ2) is 12.4. The number of rotatable bonds is 8. The van der Waals surface area contributed by atoms with Gasteiger partial charge in [0.2, 0.25) is 0 Å². The van der Waals surface area contributed by atoms with Crippen LogP contribution < -0.4 is 24.9 Å². The number of amides is 1. The van der Waals surface area contributed by atoms with Crippen LogP contribution >= 0.6 is 11.3 Å². The van der Waals surface area contributed by atoms with Crippen LogP contribution in [0.15, 0.2) is 93.9 Å².